The minimum atomic E-state index is -4.58. The van der Waals surface area contributed by atoms with Crippen molar-refractivity contribution in [1.29, 1.82) is 0 Å². The molecule has 1 aromatic carbocycles. The van der Waals surface area contributed by atoms with E-state index in [2.05, 4.69) is 4.74 Å². The number of epoxide rings is 1. The molecule has 1 unspecified atom stereocenters. The molecule has 116 valence electrons. The Kier molecular flexibility index (Phi) is 3.01. The summed E-state index contributed by atoms with van der Waals surface area (Å²) in [5, 5.41) is 10.5. The highest BCUT2D eigenvalue weighted by atomic mass is 19.4. The summed E-state index contributed by atoms with van der Waals surface area (Å²) < 4.78 is 62.4. The average Bonchev–Trinajstić information content (AvgIpc) is 2.98. The Hall–Kier alpha value is -1.34. The van der Waals surface area contributed by atoms with Crippen molar-refractivity contribution in [2.45, 2.75) is 37.1 Å². The summed E-state index contributed by atoms with van der Waals surface area (Å²) in [6.45, 7) is 1.05. The van der Waals surface area contributed by atoms with Gasteiger partial charge in [-0.3, -0.25) is 0 Å². The van der Waals surface area contributed by atoms with Crippen LogP contribution >= 0.6 is 0 Å². The van der Waals surface area contributed by atoms with Crippen molar-refractivity contribution in [1.82, 2.24) is 0 Å². The third-order valence-corrected chi connectivity index (χ3v) is 3.97. The van der Waals surface area contributed by atoms with Crippen molar-refractivity contribution in [2.24, 2.45) is 0 Å². The van der Waals surface area contributed by atoms with E-state index in [1.165, 1.54) is 13.0 Å². The van der Waals surface area contributed by atoms with Gasteiger partial charge in [-0.2, -0.15) is 13.2 Å². The molecule has 1 fully saturated rings. The van der Waals surface area contributed by atoms with E-state index in [4.69, 9.17) is 4.74 Å². The smallest absolute Gasteiger partial charge is 0.419 e. The zero-order chi connectivity index (χ0) is 15.5. The molecule has 0 amide bonds. The summed E-state index contributed by atoms with van der Waals surface area (Å²) in [5.41, 5.74) is -3.66. The second-order valence-corrected chi connectivity index (χ2v) is 5.77. The molecule has 1 saturated heterocycles. The molecule has 3 nitrogen and oxygen atoms in total. The van der Waals surface area contributed by atoms with Crippen molar-refractivity contribution < 1.29 is 32.1 Å². The van der Waals surface area contributed by atoms with E-state index in [1.54, 1.807) is 0 Å². The van der Waals surface area contributed by atoms with Gasteiger partial charge < -0.3 is 14.6 Å². The van der Waals surface area contributed by atoms with Gasteiger partial charge in [-0.05, 0) is 19.1 Å². The third kappa shape index (κ3) is 2.38. The summed E-state index contributed by atoms with van der Waals surface area (Å²) in [7, 11) is 0. The van der Waals surface area contributed by atoms with E-state index in [0.717, 1.165) is 6.07 Å². The van der Waals surface area contributed by atoms with Gasteiger partial charge in [0.1, 0.15) is 11.6 Å². The molecule has 0 saturated carbocycles. The average molecular weight is 306 g/mol. The first-order valence-corrected chi connectivity index (χ1v) is 6.53. The van der Waals surface area contributed by atoms with E-state index in [0.29, 0.717) is 18.6 Å². The largest absolute Gasteiger partial charge is 0.493 e. The lowest BCUT2D eigenvalue weighted by molar-refractivity contribution is -0.198. The van der Waals surface area contributed by atoms with Crippen LogP contribution in [0.5, 0.6) is 5.75 Å². The first-order chi connectivity index (χ1) is 9.65. The highest BCUT2D eigenvalue weighted by Gasteiger charge is 2.67. The molecule has 2 heterocycles. The van der Waals surface area contributed by atoms with Crippen LogP contribution in [0.2, 0.25) is 0 Å². The molecule has 1 aromatic rings. The predicted octanol–water partition coefficient (Wildman–Crippen LogP) is 2.69. The van der Waals surface area contributed by atoms with Crippen molar-refractivity contribution in [3.8, 4) is 5.75 Å². The Balaban J connectivity index is 1.96. The number of benzene rings is 1. The number of aliphatic hydroxyl groups is 1. The van der Waals surface area contributed by atoms with Gasteiger partial charge in [-0.25, -0.2) is 4.39 Å². The lowest BCUT2D eigenvalue weighted by atomic mass is 9.84. The molecule has 7 heteroatoms. The molecule has 21 heavy (non-hydrogen) atoms. The highest BCUT2D eigenvalue weighted by Crippen LogP contribution is 2.52. The number of fused-ring (bicyclic) bond motifs is 1. The van der Waals surface area contributed by atoms with Gasteiger partial charge in [-0.1, -0.05) is 0 Å². The first-order valence-electron chi connectivity index (χ1n) is 6.53. The molecule has 0 bridgehead atoms. The van der Waals surface area contributed by atoms with Gasteiger partial charge in [-0.15, -0.1) is 0 Å². The number of halogens is 4. The number of rotatable bonds is 3. The van der Waals surface area contributed by atoms with Gasteiger partial charge in [0.2, 0.25) is 0 Å². The van der Waals surface area contributed by atoms with Gasteiger partial charge in [0.25, 0.3) is 0 Å². The number of ether oxygens (including phenoxy) is 2. The Morgan fingerprint density at radius 2 is 2.00 bits per heavy atom. The van der Waals surface area contributed by atoms with Crippen molar-refractivity contribution >= 4 is 0 Å². The number of hydrogen-bond donors (Lipinski definition) is 1. The maximum Gasteiger partial charge on any atom is 0.419 e. The van der Waals surface area contributed by atoms with E-state index >= 15 is 0 Å². The second kappa shape index (κ2) is 4.33. The van der Waals surface area contributed by atoms with Gasteiger partial charge in [0, 0.05) is 24.0 Å². The predicted molar refractivity (Wildman–Crippen MR) is 64.5 cm³/mol. The van der Waals surface area contributed by atoms with Crippen LogP contribution in [0.3, 0.4) is 0 Å². The number of alkyl halides is 3. The Morgan fingerprint density at radius 3 is 2.57 bits per heavy atom. The monoisotopic (exact) mass is 306 g/mol. The standard InChI is InChI=1S/C14H14F4O3/c1-12(19,6-13(7-21-13)14(16,17)18)10-5-9(15)4-8-2-3-20-11(8)10/h4-5,19H,2-3,6-7H2,1H3/t12?,13-/m0/s1. The normalized spacial score (nSPS) is 27.0. The van der Waals surface area contributed by atoms with Crippen LogP contribution in [0.25, 0.3) is 0 Å². The maximum atomic E-state index is 13.6. The quantitative estimate of drug-likeness (QED) is 0.689. The van der Waals surface area contributed by atoms with Gasteiger partial charge in [0.15, 0.2) is 5.60 Å². The second-order valence-electron chi connectivity index (χ2n) is 5.77. The highest BCUT2D eigenvalue weighted by molar-refractivity contribution is 5.47. The van der Waals surface area contributed by atoms with Crippen molar-refractivity contribution in [3.63, 3.8) is 0 Å². The molecule has 0 radical (unpaired) electrons. The summed E-state index contributed by atoms with van der Waals surface area (Å²) >= 11 is 0. The van der Waals surface area contributed by atoms with Crippen molar-refractivity contribution in [3.05, 3.63) is 29.1 Å². The lowest BCUT2D eigenvalue weighted by Gasteiger charge is -2.29. The summed E-state index contributed by atoms with van der Waals surface area (Å²) in [4.78, 5) is 0. The zero-order valence-electron chi connectivity index (χ0n) is 11.3. The van der Waals surface area contributed by atoms with Crippen LogP contribution in [0.15, 0.2) is 12.1 Å². The van der Waals surface area contributed by atoms with Gasteiger partial charge in [0.05, 0.1) is 18.8 Å². The molecule has 2 atom stereocenters. The van der Waals surface area contributed by atoms with Crippen molar-refractivity contribution in [2.75, 3.05) is 13.2 Å². The number of hydrogen-bond acceptors (Lipinski definition) is 3. The molecule has 2 aliphatic heterocycles. The fraction of sp³-hybridized carbons (Fsp3) is 0.571. The third-order valence-electron chi connectivity index (χ3n) is 3.97. The molecular formula is C14H14F4O3. The van der Waals surface area contributed by atoms with Gasteiger partial charge >= 0.3 is 6.18 Å². The summed E-state index contributed by atoms with van der Waals surface area (Å²) in [6.07, 6.45) is -4.80. The Morgan fingerprint density at radius 1 is 1.33 bits per heavy atom. The topological polar surface area (TPSA) is 42.0 Å². The Bertz CT molecular complexity index is 576. The minimum Gasteiger partial charge on any atom is -0.493 e. The van der Waals surface area contributed by atoms with Crippen LogP contribution in [0, 0.1) is 5.82 Å². The van der Waals surface area contributed by atoms with Crippen LogP contribution < -0.4 is 4.74 Å². The molecule has 0 spiro atoms. The fourth-order valence-corrected chi connectivity index (χ4v) is 2.77. The molecule has 0 aliphatic carbocycles. The van der Waals surface area contributed by atoms with Crippen LogP contribution in [0.1, 0.15) is 24.5 Å². The van der Waals surface area contributed by atoms with E-state index in [-0.39, 0.29) is 11.3 Å². The zero-order valence-corrected chi connectivity index (χ0v) is 11.3. The van der Waals surface area contributed by atoms with E-state index in [9.17, 15) is 22.7 Å². The molecule has 0 aromatic heterocycles. The molecule has 1 N–H and O–H groups in total. The van der Waals surface area contributed by atoms with E-state index < -0.39 is 36.2 Å². The van der Waals surface area contributed by atoms with E-state index in [1.807, 2.05) is 0 Å². The molecular weight excluding hydrogens is 292 g/mol. The lowest BCUT2D eigenvalue weighted by Crippen LogP contribution is -2.40. The molecule has 3 rings (SSSR count). The van der Waals surface area contributed by atoms with Crippen LogP contribution in [-0.4, -0.2) is 30.1 Å². The minimum absolute atomic E-state index is 0.0362. The first kappa shape index (κ1) is 14.6. The summed E-state index contributed by atoms with van der Waals surface area (Å²) in [6, 6.07) is 2.30. The maximum absolute atomic E-state index is 13.6. The molecule has 2 aliphatic rings. The SMILES string of the molecule is CC(O)(C[C@@]1(C(F)(F)F)CO1)c1cc(F)cc2c1OCC2. The summed E-state index contributed by atoms with van der Waals surface area (Å²) in [5.74, 6) is -0.327. The Labute approximate surface area is 118 Å². The van der Waals surface area contributed by atoms with Crippen LogP contribution in [-0.2, 0) is 16.8 Å². The van der Waals surface area contributed by atoms with Crippen LogP contribution in [0.4, 0.5) is 17.6 Å². The fourth-order valence-electron chi connectivity index (χ4n) is 2.77.